The van der Waals surface area contributed by atoms with Crippen molar-refractivity contribution in [3.05, 3.63) is 36.2 Å². The lowest BCUT2D eigenvalue weighted by Crippen LogP contribution is -2.14. The second-order valence-corrected chi connectivity index (χ2v) is 3.77. The molecular formula is C12H10ClN3O2. The van der Waals surface area contributed by atoms with Crippen molar-refractivity contribution in [2.45, 2.75) is 6.42 Å². The number of nitrogens with zero attached hydrogens (tertiary/aromatic N) is 2. The molecule has 1 amide bonds. The number of carbonyl (C=O) groups is 1. The Morgan fingerprint density at radius 1 is 1.33 bits per heavy atom. The summed E-state index contributed by atoms with van der Waals surface area (Å²) in [6, 6.07) is 7.50. The number of hydrogen-bond acceptors (Lipinski definition) is 4. The number of rotatable bonds is 2. The van der Waals surface area contributed by atoms with E-state index in [1.807, 2.05) is 24.3 Å². The molecule has 0 aromatic heterocycles. The van der Waals surface area contributed by atoms with E-state index in [0.717, 1.165) is 16.6 Å². The third-order valence-corrected chi connectivity index (χ3v) is 2.61. The molecule has 0 unspecified atom stereocenters. The summed E-state index contributed by atoms with van der Waals surface area (Å²) in [5.41, 5.74) is 7.34. The van der Waals surface area contributed by atoms with Crippen LogP contribution < -0.4 is 5.73 Å². The van der Waals surface area contributed by atoms with Gasteiger partial charge in [-0.15, -0.1) is 17.5 Å². The molecule has 2 aliphatic heterocycles. The molecule has 2 N–H and O–H groups in total. The average Bonchev–Trinajstić information content (AvgIpc) is 2.78. The predicted octanol–water partition coefficient (Wildman–Crippen LogP) is 1.78. The van der Waals surface area contributed by atoms with E-state index in [1.54, 1.807) is 6.20 Å². The van der Waals surface area contributed by atoms with Crippen LogP contribution in [0.25, 0.3) is 22.2 Å². The van der Waals surface area contributed by atoms with Crippen LogP contribution in [0.15, 0.2) is 34.9 Å². The monoisotopic (exact) mass is 263 g/mol. The second kappa shape index (κ2) is 4.62. The maximum absolute atomic E-state index is 11.0. The highest BCUT2D eigenvalue weighted by atomic mass is 35.5. The molecule has 6 heteroatoms. The van der Waals surface area contributed by atoms with E-state index in [-0.39, 0.29) is 18.8 Å². The van der Waals surface area contributed by atoms with Crippen LogP contribution in [0.1, 0.15) is 5.76 Å². The number of aromatic nitrogens is 2. The van der Waals surface area contributed by atoms with Crippen LogP contribution in [0.4, 0.5) is 0 Å². The smallest absolute Gasteiger partial charge is 0.225 e. The molecule has 0 bridgehead atoms. The fourth-order valence-corrected chi connectivity index (χ4v) is 1.89. The minimum Gasteiger partial charge on any atom is -0.460 e. The van der Waals surface area contributed by atoms with Gasteiger partial charge in [-0.05, 0) is 12.1 Å². The lowest BCUT2D eigenvalue weighted by atomic mass is 10.1. The highest BCUT2D eigenvalue weighted by Crippen LogP contribution is 2.32. The van der Waals surface area contributed by atoms with E-state index in [2.05, 4.69) is 10.2 Å². The van der Waals surface area contributed by atoms with Crippen LogP contribution in [-0.2, 0) is 11.2 Å². The molecule has 0 radical (unpaired) electrons. The molecule has 2 heterocycles. The van der Waals surface area contributed by atoms with Crippen molar-refractivity contribution in [1.29, 1.82) is 0 Å². The summed E-state index contributed by atoms with van der Waals surface area (Å²) < 4.78 is 5.66. The van der Waals surface area contributed by atoms with Crippen molar-refractivity contribution >= 4 is 29.3 Å². The summed E-state index contributed by atoms with van der Waals surface area (Å²) in [6.45, 7) is 0. The van der Waals surface area contributed by atoms with Gasteiger partial charge in [-0.2, -0.15) is 5.10 Å². The van der Waals surface area contributed by atoms with E-state index in [0.29, 0.717) is 11.3 Å². The van der Waals surface area contributed by atoms with Crippen LogP contribution in [0.2, 0.25) is 0 Å². The summed E-state index contributed by atoms with van der Waals surface area (Å²) in [6.07, 6.45) is 1.64. The van der Waals surface area contributed by atoms with Crippen molar-refractivity contribution in [3.8, 4) is 11.3 Å². The van der Waals surface area contributed by atoms with Crippen LogP contribution in [-0.4, -0.2) is 16.1 Å². The lowest BCUT2D eigenvalue weighted by molar-refractivity contribution is -0.117. The van der Waals surface area contributed by atoms with Crippen molar-refractivity contribution in [2.24, 2.45) is 5.73 Å². The molecule has 0 atom stereocenters. The molecule has 1 aromatic rings. The summed E-state index contributed by atoms with van der Waals surface area (Å²) in [5, 5.41) is 8.79. The molecule has 0 fully saturated rings. The number of primary amides is 1. The minimum atomic E-state index is -0.438. The fourth-order valence-electron chi connectivity index (χ4n) is 1.89. The molecule has 2 aliphatic rings. The number of nitrogens with two attached hydrogens (primary N) is 1. The van der Waals surface area contributed by atoms with Crippen molar-refractivity contribution in [1.82, 2.24) is 10.2 Å². The van der Waals surface area contributed by atoms with Gasteiger partial charge in [0.2, 0.25) is 5.91 Å². The Morgan fingerprint density at radius 2 is 2.11 bits per heavy atom. The van der Waals surface area contributed by atoms with Gasteiger partial charge in [0.1, 0.15) is 17.0 Å². The Hall–Kier alpha value is -2.14. The fraction of sp³-hybridized carbons (Fsp3) is 0.0833. The van der Waals surface area contributed by atoms with E-state index < -0.39 is 5.91 Å². The molecule has 0 aliphatic carbocycles. The molecule has 0 spiro atoms. The zero-order valence-electron chi connectivity index (χ0n) is 9.29. The topological polar surface area (TPSA) is 82.0 Å². The Balaban J connectivity index is 0.00000120. The van der Waals surface area contributed by atoms with Gasteiger partial charge in [0.15, 0.2) is 0 Å². The number of fused-ring (bicyclic) bond motifs is 3. The van der Waals surface area contributed by atoms with Gasteiger partial charge in [-0.25, -0.2) is 0 Å². The van der Waals surface area contributed by atoms with Crippen molar-refractivity contribution < 1.29 is 9.21 Å². The first-order valence-corrected chi connectivity index (χ1v) is 5.16. The van der Waals surface area contributed by atoms with Gasteiger partial charge in [0.05, 0.1) is 18.2 Å². The van der Waals surface area contributed by atoms with E-state index >= 15 is 0 Å². The molecule has 1 aromatic carbocycles. The van der Waals surface area contributed by atoms with Gasteiger partial charge in [0, 0.05) is 5.39 Å². The number of benzene rings is 1. The van der Waals surface area contributed by atoms with Crippen LogP contribution >= 0.6 is 12.4 Å². The standard InChI is InChI=1S/C12H9N3O2.ClH/c13-11(16)5-10-8-6-14-15-12(8)7-3-1-2-4-9(7)17-10;/h1-4,6H,5H2,(H2,13,16);1H. The van der Waals surface area contributed by atoms with Crippen molar-refractivity contribution in [2.75, 3.05) is 0 Å². The number of amides is 1. The minimum absolute atomic E-state index is 0. The number of hydrogen-bond donors (Lipinski definition) is 1. The van der Waals surface area contributed by atoms with Crippen LogP contribution in [0.3, 0.4) is 0 Å². The van der Waals surface area contributed by atoms with Gasteiger partial charge in [-0.1, -0.05) is 12.1 Å². The normalized spacial score (nSPS) is 10.4. The molecule has 5 nitrogen and oxygen atoms in total. The Bertz CT molecular complexity index is 680. The van der Waals surface area contributed by atoms with Crippen molar-refractivity contribution in [3.63, 3.8) is 0 Å². The van der Waals surface area contributed by atoms with Gasteiger partial charge < -0.3 is 10.2 Å². The Kier molecular flexibility index (Phi) is 3.16. The number of carbonyl (C=O) groups excluding carboxylic acids is 1. The first kappa shape index (κ1) is 12.3. The zero-order valence-corrected chi connectivity index (χ0v) is 10.1. The molecule has 0 saturated heterocycles. The van der Waals surface area contributed by atoms with Gasteiger partial charge >= 0.3 is 0 Å². The zero-order chi connectivity index (χ0) is 11.8. The maximum Gasteiger partial charge on any atom is 0.225 e. The Morgan fingerprint density at radius 3 is 2.89 bits per heavy atom. The van der Waals surface area contributed by atoms with E-state index in [4.69, 9.17) is 10.2 Å². The first-order valence-electron chi connectivity index (χ1n) is 5.16. The highest BCUT2D eigenvalue weighted by molar-refractivity contribution is 5.93. The third-order valence-electron chi connectivity index (χ3n) is 2.61. The number of para-hydroxylation sites is 1. The summed E-state index contributed by atoms with van der Waals surface area (Å²) in [4.78, 5) is 11.0. The average molecular weight is 264 g/mol. The van der Waals surface area contributed by atoms with Crippen LogP contribution in [0.5, 0.6) is 0 Å². The summed E-state index contributed by atoms with van der Waals surface area (Å²) in [5.74, 6) is 0.0720. The quantitative estimate of drug-likeness (QED) is 0.764. The predicted molar refractivity (Wildman–Crippen MR) is 68.6 cm³/mol. The molecule has 3 rings (SSSR count). The molecular weight excluding hydrogens is 254 g/mol. The summed E-state index contributed by atoms with van der Waals surface area (Å²) in [7, 11) is 0. The Labute approximate surface area is 109 Å². The largest absolute Gasteiger partial charge is 0.460 e. The van der Waals surface area contributed by atoms with Crippen LogP contribution in [0, 0.1) is 0 Å². The molecule has 18 heavy (non-hydrogen) atoms. The first-order chi connectivity index (χ1) is 8.25. The molecule has 0 saturated carbocycles. The second-order valence-electron chi connectivity index (χ2n) is 3.77. The number of halogens is 1. The summed E-state index contributed by atoms with van der Waals surface area (Å²) >= 11 is 0. The van der Waals surface area contributed by atoms with Gasteiger partial charge in [0.25, 0.3) is 0 Å². The van der Waals surface area contributed by atoms with Gasteiger partial charge in [-0.3, -0.25) is 4.79 Å². The SMILES string of the molecule is Cl.NC(=O)Cc1oc2ccccc2c2nncc1-2. The van der Waals surface area contributed by atoms with E-state index in [1.165, 1.54) is 0 Å². The lowest BCUT2D eigenvalue weighted by Gasteiger charge is -2.07. The molecule has 92 valence electrons. The highest BCUT2D eigenvalue weighted by Gasteiger charge is 2.18. The maximum atomic E-state index is 11.0. The van der Waals surface area contributed by atoms with E-state index in [9.17, 15) is 4.79 Å². The third kappa shape index (κ3) is 1.89.